The summed E-state index contributed by atoms with van der Waals surface area (Å²) in [7, 11) is 0. The zero-order valence-corrected chi connectivity index (χ0v) is 15.7. The van der Waals surface area contributed by atoms with Crippen molar-refractivity contribution in [3.63, 3.8) is 0 Å². The summed E-state index contributed by atoms with van der Waals surface area (Å²) < 4.78 is 0. The van der Waals surface area contributed by atoms with Gasteiger partial charge < -0.3 is 10.6 Å². The molecular formula is C21H23N3O3. The van der Waals surface area contributed by atoms with Crippen LogP contribution in [0, 0.1) is 12.8 Å². The van der Waals surface area contributed by atoms with Gasteiger partial charge in [0.1, 0.15) is 0 Å². The molecule has 4 amide bonds. The fourth-order valence-electron chi connectivity index (χ4n) is 2.96. The van der Waals surface area contributed by atoms with Crippen LogP contribution in [0.4, 0.5) is 10.5 Å². The van der Waals surface area contributed by atoms with E-state index in [4.69, 9.17) is 0 Å². The molecule has 0 atom stereocenters. The quantitative estimate of drug-likeness (QED) is 0.795. The van der Waals surface area contributed by atoms with Crippen molar-refractivity contribution in [3.05, 3.63) is 64.7 Å². The van der Waals surface area contributed by atoms with Gasteiger partial charge in [0.05, 0.1) is 11.1 Å². The van der Waals surface area contributed by atoms with E-state index in [1.807, 2.05) is 45.0 Å². The molecule has 0 saturated carbocycles. The van der Waals surface area contributed by atoms with Crippen LogP contribution in [0.15, 0.2) is 42.5 Å². The highest BCUT2D eigenvalue weighted by atomic mass is 16.2. The monoisotopic (exact) mass is 365 g/mol. The Morgan fingerprint density at radius 2 is 1.67 bits per heavy atom. The highest BCUT2D eigenvalue weighted by Gasteiger charge is 2.35. The Balaban J connectivity index is 1.65. The number of hydrogen-bond donors (Lipinski definition) is 2. The molecule has 2 aromatic rings. The number of fused-ring (bicyclic) bond motifs is 1. The van der Waals surface area contributed by atoms with Crippen LogP contribution in [0.2, 0.25) is 0 Å². The van der Waals surface area contributed by atoms with E-state index in [0.717, 1.165) is 11.1 Å². The number of nitrogens with one attached hydrogen (secondary N) is 2. The van der Waals surface area contributed by atoms with Gasteiger partial charge in [0, 0.05) is 18.8 Å². The molecule has 0 fully saturated rings. The van der Waals surface area contributed by atoms with Crippen molar-refractivity contribution in [1.82, 2.24) is 10.2 Å². The highest BCUT2D eigenvalue weighted by molar-refractivity contribution is 6.21. The van der Waals surface area contributed by atoms with E-state index in [-0.39, 0.29) is 23.8 Å². The van der Waals surface area contributed by atoms with E-state index in [0.29, 0.717) is 29.9 Å². The van der Waals surface area contributed by atoms with Crippen LogP contribution in [0.3, 0.4) is 0 Å². The number of hydrogen-bond acceptors (Lipinski definition) is 3. The van der Waals surface area contributed by atoms with Crippen molar-refractivity contribution in [3.8, 4) is 0 Å². The van der Waals surface area contributed by atoms with Gasteiger partial charge in [-0.3, -0.25) is 14.5 Å². The third-order valence-electron chi connectivity index (χ3n) is 4.35. The number of anilines is 1. The first-order valence-electron chi connectivity index (χ1n) is 8.96. The molecule has 3 rings (SSSR count). The molecule has 1 aliphatic heterocycles. The lowest BCUT2D eigenvalue weighted by Gasteiger charge is -2.15. The Bertz CT molecular complexity index is 888. The van der Waals surface area contributed by atoms with E-state index in [1.54, 1.807) is 18.2 Å². The molecule has 0 spiro atoms. The number of imide groups is 1. The van der Waals surface area contributed by atoms with Gasteiger partial charge in [-0.15, -0.1) is 0 Å². The predicted molar refractivity (Wildman–Crippen MR) is 104 cm³/mol. The number of nitrogens with zero attached hydrogens (tertiary/aromatic N) is 1. The topological polar surface area (TPSA) is 78.5 Å². The average molecular weight is 365 g/mol. The second-order valence-electron chi connectivity index (χ2n) is 7.17. The summed E-state index contributed by atoms with van der Waals surface area (Å²) in [6.45, 7) is 6.69. The molecule has 0 aliphatic carbocycles. The Hall–Kier alpha value is -3.15. The zero-order chi connectivity index (χ0) is 19.6. The van der Waals surface area contributed by atoms with Crippen molar-refractivity contribution in [2.45, 2.75) is 27.3 Å². The number of carbonyl (C=O) groups is 3. The second-order valence-corrected chi connectivity index (χ2v) is 7.17. The third kappa shape index (κ3) is 4.16. The lowest BCUT2D eigenvalue weighted by atomic mass is 10.1. The van der Waals surface area contributed by atoms with Crippen molar-refractivity contribution in [2.75, 3.05) is 11.9 Å². The Morgan fingerprint density at radius 3 is 2.33 bits per heavy atom. The summed E-state index contributed by atoms with van der Waals surface area (Å²) in [6, 6.07) is 12.3. The van der Waals surface area contributed by atoms with Gasteiger partial charge in [-0.1, -0.05) is 43.7 Å². The minimum Gasteiger partial charge on any atom is -0.334 e. The van der Waals surface area contributed by atoms with Gasteiger partial charge in [0.2, 0.25) is 0 Å². The predicted octanol–water partition coefficient (Wildman–Crippen LogP) is 3.57. The zero-order valence-electron chi connectivity index (χ0n) is 15.7. The van der Waals surface area contributed by atoms with E-state index < -0.39 is 0 Å². The maximum absolute atomic E-state index is 12.5. The van der Waals surface area contributed by atoms with Crippen molar-refractivity contribution in [2.24, 2.45) is 5.92 Å². The first-order chi connectivity index (χ1) is 12.8. The smallest absolute Gasteiger partial charge is 0.319 e. The SMILES string of the molecule is Cc1ccc(CNC(=O)Nc2ccc3c(c2)C(=O)N(CC(C)C)C3=O)cc1. The molecule has 6 nitrogen and oxygen atoms in total. The normalized spacial score (nSPS) is 13.1. The molecule has 1 aliphatic rings. The van der Waals surface area contributed by atoms with Gasteiger partial charge in [0.25, 0.3) is 11.8 Å². The maximum Gasteiger partial charge on any atom is 0.319 e. The maximum atomic E-state index is 12.5. The molecule has 2 aromatic carbocycles. The van der Waals surface area contributed by atoms with E-state index >= 15 is 0 Å². The summed E-state index contributed by atoms with van der Waals surface area (Å²) in [4.78, 5) is 38.2. The van der Waals surface area contributed by atoms with Crippen LogP contribution in [0.1, 0.15) is 45.7 Å². The summed E-state index contributed by atoms with van der Waals surface area (Å²) in [5, 5.41) is 5.49. The van der Waals surface area contributed by atoms with E-state index in [9.17, 15) is 14.4 Å². The highest BCUT2D eigenvalue weighted by Crippen LogP contribution is 2.26. The Morgan fingerprint density at radius 1 is 1.00 bits per heavy atom. The summed E-state index contributed by atoms with van der Waals surface area (Å²) in [6.07, 6.45) is 0. The molecule has 1 heterocycles. The first kappa shape index (κ1) is 18.6. The van der Waals surface area contributed by atoms with Gasteiger partial charge in [-0.2, -0.15) is 0 Å². The summed E-state index contributed by atoms with van der Waals surface area (Å²) >= 11 is 0. The van der Waals surface area contributed by atoms with Gasteiger partial charge in [-0.25, -0.2) is 4.79 Å². The lowest BCUT2D eigenvalue weighted by Crippen LogP contribution is -2.33. The molecule has 27 heavy (non-hydrogen) atoms. The van der Waals surface area contributed by atoms with Crippen LogP contribution < -0.4 is 10.6 Å². The van der Waals surface area contributed by atoms with Crippen molar-refractivity contribution >= 4 is 23.5 Å². The fraction of sp³-hybridized carbons (Fsp3) is 0.286. The molecule has 140 valence electrons. The largest absolute Gasteiger partial charge is 0.334 e. The van der Waals surface area contributed by atoms with Crippen LogP contribution in [-0.4, -0.2) is 29.3 Å². The molecular weight excluding hydrogens is 342 g/mol. The van der Waals surface area contributed by atoms with Crippen LogP contribution in [-0.2, 0) is 6.54 Å². The second kappa shape index (κ2) is 7.61. The van der Waals surface area contributed by atoms with Crippen molar-refractivity contribution in [1.29, 1.82) is 0 Å². The average Bonchev–Trinajstić information content (AvgIpc) is 2.85. The first-order valence-corrected chi connectivity index (χ1v) is 8.96. The molecule has 0 radical (unpaired) electrons. The minimum atomic E-state index is -0.369. The van der Waals surface area contributed by atoms with E-state index in [1.165, 1.54) is 4.90 Å². The molecule has 0 unspecified atom stereocenters. The molecule has 0 saturated heterocycles. The number of carbonyl (C=O) groups excluding carboxylic acids is 3. The number of urea groups is 1. The number of amides is 4. The molecule has 2 N–H and O–H groups in total. The number of benzene rings is 2. The lowest BCUT2D eigenvalue weighted by molar-refractivity contribution is 0.0636. The van der Waals surface area contributed by atoms with Crippen LogP contribution in [0.5, 0.6) is 0 Å². The van der Waals surface area contributed by atoms with Gasteiger partial charge >= 0.3 is 6.03 Å². The standard InChI is InChI=1S/C21H23N3O3/c1-13(2)12-24-19(25)17-9-8-16(10-18(17)20(24)26)23-21(27)22-11-15-6-4-14(3)5-7-15/h4-10,13H,11-12H2,1-3H3,(H2,22,23,27). The van der Waals surface area contributed by atoms with Crippen LogP contribution in [0.25, 0.3) is 0 Å². The summed E-state index contributed by atoms with van der Waals surface area (Å²) in [5.41, 5.74) is 3.34. The molecule has 0 aromatic heterocycles. The fourth-order valence-corrected chi connectivity index (χ4v) is 2.96. The van der Waals surface area contributed by atoms with Crippen LogP contribution >= 0.6 is 0 Å². The van der Waals surface area contributed by atoms with Gasteiger partial charge in [-0.05, 0) is 36.6 Å². The molecule has 0 bridgehead atoms. The van der Waals surface area contributed by atoms with Crippen molar-refractivity contribution < 1.29 is 14.4 Å². The third-order valence-corrected chi connectivity index (χ3v) is 4.35. The van der Waals surface area contributed by atoms with E-state index in [2.05, 4.69) is 10.6 Å². The summed E-state index contributed by atoms with van der Waals surface area (Å²) in [5.74, 6) is -0.399. The van der Waals surface area contributed by atoms with Gasteiger partial charge in [0.15, 0.2) is 0 Å². The number of rotatable bonds is 5. The molecule has 6 heteroatoms. The Labute approximate surface area is 158 Å². The minimum absolute atomic E-state index is 0.192. The Kier molecular flexibility index (Phi) is 5.26. The number of aryl methyl sites for hydroxylation is 1.